The van der Waals surface area contributed by atoms with Crippen molar-refractivity contribution in [1.29, 1.82) is 0 Å². The highest BCUT2D eigenvalue weighted by Crippen LogP contribution is 2.32. The van der Waals surface area contributed by atoms with E-state index in [9.17, 15) is 0 Å². The van der Waals surface area contributed by atoms with Gasteiger partial charge in [0, 0.05) is 33.4 Å². The molecule has 0 radical (unpaired) electrons. The third-order valence-corrected chi connectivity index (χ3v) is 2.78. The number of nitrogens with one attached hydrogen (secondary N) is 1. The summed E-state index contributed by atoms with van der Waals surface area (Å²) in [6.45, 7) is 2.77. The summed E-state index contributed by atoms with van der Waals surface area (Å²) >= 11 is 0. The van der Waals surface area contributed by atoms with Gasteiger partial charge < -0.3 is 19.7 Å². The highest BCUT2D eigenvalue weighted by molar-refractivity contribution is 5.74. The van der Waals surface area contributed by atoms with Crippen LogP contribution in [0.2, 0.25) is 0 Å². The van der Waals surface area contributed by atoms with Crippen molar-refractivity contribution < 1.29 is 9.47 Å². The molecule has 0 saturated heterocycles. The molecule has 0 fully saturated rings. The second kappa shape index (κ2) is 7.06. The Balaban J connectivity index is 3.03. The molecule has 0 bridgehead atoms. The fourth-order valence-corrected chi connectivity index (χ4v) is 1.76. The maximum atomic E-state index is 5.32. The van der Waals surface area contributed by atoms with Gasteiger partial charge in [-0.25, -0.2) is 4.98 Å². The summed E-state index contributed by atoms with van der Waals surface area (Å²) in [5.74, 6) is 0.607. The van der Waals surface area contributed by atoms with Crippen molar-refractivity contribution in [3.05, 3.63) is 12.3 Å². The lowest BCUT2D eigenvalue weighted by Crippen LogP contribution is -2.26. The van der Waals surface area contributed by atoms with E-state index in [1.807, 2.05) is 25.1 Å². The molecule has 1 atom stereocenters. The average Bonchev–Trinajstić information content (AvgIpc) is 2.37. The topological polar surface area (TPSA) is 46.6 Å². The Kier molecular flexibility index (Phi) is 5.71. The van der Waals surface area contributed by atoms with Gasteiger partial charge in [0.15, 0.2) is 0 Å². The van der Waals surface area contributed by atoms with Crippen molar-refractivity contribution in [3.8, 4) is 5.88 Å². The van der Waals surface area contributed by atoms with Gasteiger partial charge in [-0.1, -0.05) is 6.92 Å². The summed E-state index contributed by atoms with van der Waals surface area (Å²) in [4.78, 5) is 6.27. The van der Waals surface area contributed by atoms with Gasteiger partial charge in [0.25, 0.3) is 0 Å². The maximum absolute atomic E-state index is 5.32. The second-order valence-corrected chi connectivity index (χ2v) is 4.31. The van der Waals surface area contributed by atoms with Gasteiger partial charge in [0.2, 0.25) is 5.88 Å². The van der Waals surface area contributed by atoms with Crippen LogP contribution in [0.3, 0.4) is 0 Å². The molecule has 0 saturated carbocycles. The molecule has 1 aromatic rings. The van der Waals surface area contributed by atoms with Crippen LogP contribution in [0, 0.1) is 0 Å². The van der Waals surface area contributed by atoms with Gasteiger partial charge in [-0.05, 0) is 12.5 Å². The summed E-state index contributed by atoms with van der Waals surface area (Å²) in [7, 11) is 7.33. The summed E-state index contributed by atoms with van der Waals surface area (Å²) in [5.41, 5.74) is 1.96. The zero-order valence-corrected chi connectivity index (χ0v) is 11.9. The van der Waals surface area contributed by atoms with Crippen LogP contribution >= 0.6 is 0 Å². The summed E-state index contributed by atoms with van der Waals surface area (Å²) < 4.78 is 10.5. The van der Waals surface area contributed by atoms with Gasteiger partial charge in [-0.2, -0.15) is 0 Å². The first-order chi connectivity index (χ1) is 8.63. The predicted molar refractivity (Wildman–Crippen MR) is 74.7 cm³/mol. The van der Waals surface area contributed by atoms with Gasteiger partial charge in [-0.15, -0.1) is 0 Å². The number of hydrogen-bond acceptors (Lipinski definition) is 5. The van der Waals surface area contributed by atoms with Crippen molar-refractivity contribution in [1.82, 2.24) is 4.98 Å². The minimum absolute atomic E-state index is 0.242. The molecule has 5 nitrogen and oxygen atoms in total. The standard InChI is InChI=1S/C13H23N3O2/c1-6-10(9-17-4)15-12-11(16(2)3)7-8-14-13(12)18-5/h7-8,10,15H,6,9H2,1-5H3. The number of hydrogen-bond donors (Lipinski definition) is 1. The van der Waals surface area contributed by atoms with E-state index in [-0.39, 0.29) is 6.04 Å². The number of pyridine rings is 1. The van der Waals surface area contributed by atoms with E-state index in [2.05, 4.69) is 17.2 Å². The SMILES string of the molecule is CCC(COC)Nc1c(N(C)C)ccnc1OC. The van der Waals surface area contributed by atoms with Gasteiger partial charge >= 0.3 is 0 Å². The quantitative estimate of drug-likeness (QED) is 0.805. The first kappa shape index (κ1) is 14.6. The highest BCUT2D eigenvalue weighted by atomic mass is 16.5. The average molecular weight is 253 g/mol. The molecular weight excluding hydrogens is 230 g/mol. The van der Waals surface area contributed by atoms with E-state index in [0.29, 0.717) is 12.5 Å². The molecule has 0 aromatic carbocycles. The van der Waals surface area contributed by atoms with Crippen LogP contribution in [0.4, 0.5) is 11.4 Å². The smallest absolute Gasteiger partial charge is 0.239 e. The van der Waals surface area contributed by atoms with Gasteiger partial charge in [0.05, 0.1) is 19.4 Å². The lowest BCUT2D eigenvalue weighted by Gasteiger charge is -2.24. The van der Waals surface area contributed by atoms with E-state index < -0.39 is 0 Å². The molecule has 0 aliphatic carbocycles. The Morgan fingerprint density at radius 2 is 2.11 bits per heavy atom. The number of aromatic nitrogens is 1. The molecule has 5 heteroatoms. The second-order valence-electron chi connectivity index (χ2n) is 4.31. The van der Waals surface area contributed by atoms with Crippen LogP contribution in [0.1, 0.15) is 13.3 Å². The Labute approximate surface area is 109 Å². The summed E-state index contributed by atoms with van der Waals surface area (Å²) in [5, 5.41) is 3.44. The fraction of sp³-hybridized carbons (Fsp3) is 0.615. The summed E-state index contributed by atoms with van der Waals surface area (Å²) in [6, 6.07) is 2.21. The number of methoxy groups -OCH3 is 2. The number of nitrogens with zero attached hydrogens (tertiary/aromatic N) is 2. The van der Waals surface area contributed by atoms with Gasteiger partial charge in [-0.3, -0.25) is 0 Å². The molecule has 0 amide bonds. The molecule has 0 spiro atoms. The van der Waals surface area contributed by atoms with Crippen molar-refractivity contribution >= 4 is 11.4 Å². The molecule has 1 N–H and O–H groups in total. The molecule has 1 rings (SSSR count). The molecule has 0 aliphatic rings. The molecular formula is C13H23N3O2. The largest absolute Gasteiger partial charge is 0.479 e. The fourth-order valence-electron chi connectivity index (χ4n) is 1.76. The van der Waals surface area contributed by atoms with Crippen LogP contribution in [-0.2, 0) is 4.74 Å². The number of rotatable bonds is 7. The maximum Gasteiger partial charge on any atom is 0.239 e. The Hall–Kier alpha value is -1.49. The lowest BCUT2D eigenvalue weighted by atomic mass is 10.2. The molecule has 0 aliphatic heterocycles. The number of ether oxygens (including phenoxy) is 2. The van der Waals surface area contributed by atoms with Crippen LogP contribution < -0.4 is 15.0 Å². The minimum atomic E-state index is 0.242. The third kappa shape index (κ3) is 3.50. The van der Waals surface area contributed by atoms with Crippen LogP contribution in [0.25, 0.3) is 0 Å². The predicted octanol–water partition coefficient (Wildman–Crippen LogP) is 1.99. The zero-order chi connectivity index (χ0) is 13.5. The first-order valence-electron chi connectivity index (χ1n) is 6.09. The molecule has 1 heterocycles. The lowest BCUT2D eigenvalue weighted by molar-refractivity contribution is 0.184. The van der Waals surface area contributed by atoms with Crippen molar-refractivity contribution in [2.24, 2.45) is 0 Å². The van der Waals surface area contributed by atoms with E-state index in [0.717, 1.165) is 17.8 Å². The third-order valence-electron chi connectivity index (χ3n) is 2.78. The number of anilines is 2. The highest BCUT2D eigenvalue weighted by Gasteiger charge is 2.15. The first-order valence-corrected chi connectivity index (χ1v) is 6.09. The normalized spacial score (nSPS) is 12.1. The minimum Gasteiger partial charge on any atom is -0.479 e. The molecule has 1 aromatic heterocycles. The Morgan fingerprint density at radius 1 is 1.39 bits per heavy atom. The summed E-state index contributed by atoms with van der Waals surface area (Å²) in [6.07, 6.45) is 2.72. The van der Waals surface area contributed by atoms with Crippen LogP contribution in [-0.4, -0.2) is 45.9 Å². The van der Waals surface area contributed by atoms with Crippen molar-refractivity contribution in [3.63, 3.8) is 0 Å². The van der Waals surface area contributed by atoms with E-state index >= 15 is 0 Å². The van der Waals surface area contributed by atoms with E-state index in [4.69, 9.17) is 9.47 Å². The molecule has 1 unspecified atom stereocenters. The Bertz CT molecular complexity index is 369. The molecule has 102 valence electrons. The van der Waals surface area contributed by atoms with Crippen molar-refractivity contribution in [2.45, 2.75) is 19.4 Å². The van der Waals surface area contributed by atoms with Crippen LogP contribution in [0.15, 0.2) is 12.3 Å². The monoisotopic (exact) mass is 253 g/mol. The Morgan fingerprint density at radius 3 is 2.61 bits per heavy atom. The molecule has 18 heavy (non-hydrogen) atoms. The van der Waals surface area contributed by atoms with E-state index in [1.165, 1.54) is 0 Å². The zero-order valence-electron chi connectivity index (χ0n) is 11.9. The van der Waals surface area contributed by atoms with Crippen LogP contribution in [0.5, 0.6) is 5.88 Å². The van der Waals surface area contributed by atoms with Crippen molar-refractivity contribution in [2.75, 3.05) is 45.1 Å². The van der Waals surface area contributed by atoms with E-state index in [1.54, 1.807) is 20.4 Å². The van der Waals surface area contributed by atoms with Gasteiger partial charge in [0.1, 0.15) is 5.69 Å².